The third kappa shape index (κ3) is 3.37. The zero-order valence-corrected chi connectivity index (χ0v) is 17.7. The number of nitrogens with one attached hydrogen (secondary N) is 1. The van der Waals surface area contributed by atoms with E-state index in [1.54, 1.807) is 6.07 Å². The zero-order valence-electron chi connectivity index (χ0n) is 16.1. The van der Waals surface area contributed by atoms with Crippen molar-refractivity contribution >= 4 is 28.2 Å². The van der Waals surface area contributed by atoms with Gasteiger partial charge in [-0.1, -0.05) is 48.1 Å². The molecular formula is C24H23BrN2O. The van der Waals surface area contributed by atoms with Crippen LogP contribution in [0.25, 0.3) is 6.08 Å². The van der Waals surface area contributed by atoms with Gasteiger partial charge in [0.2, 0.25) is 5.56 Å². The van der Waals surface area contributed by atoms with E-state index < -0.39 is 5.54 Å². The summed E-state index contributed by atoms with van der Waals surface area (Å²) in [7, 11) is 0. The van der Waals surface area contributed by atoms with Crippen LogP contribution in [0.2, 0.25) is 0 Å². The van der Waals surface area contributed by atoms with Crippen molar-refractivity contribution in [2.24, 2.45) is 10.9 Å². The van der Waals surface area contributed by atoms with Gasteiger partial charge < -0.3 is 4.98 Å². The van der Waals surface area contributed by atoms with Crippen LogP contribution in [0.4, 0.5) is 0 Å². The van der Waals surface area contributed by atoms with Crippen molar-refractivity contribution in [3.63, 3.8) is 0 Å². The van der Waals surface area contributed by atoms with Gasteiger partial charge in [-0.05, 0) is 59.5 Å². The number of allylic oxidation sites excluding steroid dienone is 3. The lowest BCUT2D eigenvalue weighted by atomic mass is 9.63. The summed E-state index contributed by atoms with van der Waals surface area (Å²) < 4.78 is 0.920. The summed E-state index contributed by atoms with van der Waals surface area (Å²) in [5.74, 6) is 0.276. The van der Waals surface area contributed by atoms with E-state index in [0.717, 1.165) is 34.1 Å². The number of aliphatic imine (C=N–C) groups is 1. The summed E-state index contributed by atoms with van der Waals surface area (Å²) in [5.41, 5.74) is 5.38. The fraction of sp³-hybridized carbons (Fsp3) is 0.250. The third-order valence-corrected chi connectivity index (χ3v) is 6.02. The van der Waals surface area contributed by atoms with Crippen LogP contribution in [0.1, 0.15) is 37.1 Å². The first-order chi connectivity index (χ1) is 13.5. The first-order valence-corrected chi connectivity index (χ1v) is 10.4. The van der Waals surface area contributed by atoms with E-state index in [4.69, 9.17) is 4.99 Å². The first kappa shape index (κ1) is 18.9. The lowest BCUT2D eigenvalue weighted by molar-refractivity contribution is 0.413. The van der Waals surface area contributed by atoms with Crippen molar-refractivity contribution in [3.05, 3.63) is 97.4 Å². The Morgan fingerprint density at radius 3 is 2.79 bits per heavy atom. The summed E-state index contributed by atoms with van der Waals surface area (Å²) >= 11 is 3.66. The molecule has 1 aromatic heterocycles. The number of nitrogens with zero attached hydrogens (tertiary/aromatic N) is 1. The highest BCUT2D eigenvalue weighted by atomic mass is 79.9. The van der Waals surface area contributed by atoms with E-state index in [0.29, 0.717) is 0 Å². The maximum absolute atomic E-state index is 11.9. The maximum atomic E-state index is 11.9. The van der Waals surface area contributed by atoms with Crippen LogP contribution in [0, 0.1) is 5.92 Å². The Labute approximate surface area is 173 Å². The molecule has 1 heterocycles. The van der Waals surface area contributed by atoms with Crippen molar-refractivity contribution in [2.75, 3.05) is 0 Å². The smallest absolute Gasteiger partial charge is 0.248 e. The molecule has 0 fully saturated rings. The summed E-state index contributed by atoms with van der Waals surface area (Å²) in [6.45, 7) is 4.27. The van der Waals surface area contributed by atoms with Crippen LogP contribution >= 0.6 is 15.9 Å². The second kappa shape index (κ2) is 7.51. The summed E-state index contributed by atoms with van der Waals surface area (Å²) in [4.78, 5) is 20.1. The number of H-pyrrole nitrogens is 1. The summed E-state index contributed by atoms with van der Waals surface area (Å²) in [6.07, 6.45) is 10.1. The molecule has 1 aromatic carbocycles. The quantitative estimate of drug-likeness (QED) is 0.499. The van der Waals surface area contributed by atoms with Gasteiger partial charge in [-0.2, -0.15) is 0 Å². The monoisotopic (exact) mass is 434 g/mol. The van der Waals surface area contributed by atoms with E-state index in [1.165, 1.54) is 11.1 Å². The van der Waals surface area contributed by atoms with Crippen LogP contribution in [-0.4, -0.2) is 11.2 Å². The van der Waals surface area contributed by atoms with Crippen LogP contribution < -0.4 is 5.56 Å². The van der Waals surface area contributed by atoms with Crippen molar-refractivity contribution in [2.45, 2.75) is 32.2 Å². The Hall–Kier alpha value is -2.46. The fourth-order valence-corrected chi connectivity index (χ4v) is 4.94. The van der Waals surface area contributed by atoms with Gasteiger partial charge in [0.05, 0.1) is 0 Å². The second-order valence-electron chi connectivity index (χ2n) is 7.52. The predicted octanol–water partition coefficient (Wildman–Crippen LogP) is 5.55. The molecule has 2 aliphatic rings. The molecule has 2 aromatic rings. The number of hydrogen-bond donors (Lipinski definition) is 1. The number of rotatable bonds is 3. The molecule has 2 atom stereocenters. The molecule has 2 aliphatic carbocycles. The summed E-state index contributed by atoms with van der Waals surface area (Å²) in [6, 6.07) is 13.8. The van der Waals surface area contributed by atoms with E-state index in [2.05, 4.69) is 65.1 Å². The minimum Gasteiger partial charge on any atom is -0.326 e. The zero-order chi connectivity index (χ0) is 19.7. The molecule has 4 heteroatoms. The van der Waals surface area contributed by atoms with Crippen LogP contribution in [0.15, 0.2) is 80.0 Å². The van der Waals surface area contributed by atoms with Crippen molar-refractivity contribution in [1.82, 2.24) is 4.98 Å². The molecule has 0 unspecified atom stereocenters. The highest BCUT2D eigenvalue weighted by Crippen LogP contribution is 2.51. The number of benzene rings is 1. The molecule has 28 heavy (non-hydrogen) atoms. The molecule has 0 radical (unpaired) electrons. The molecular weight excluding hydrogens is 412 g/mol. The predicted molar refractivity (Wildman–Crippen MR) is 120 cm³/mol. The SMILES string of the molecule is C/C=C1\[C@H]2C=C(C)C[C@]1(N=CC(Br)=Cc1ccccc1)c1ccc(=O)[nH]c1C2. The molecule has 0 spiro atoms. The Bertz CT molecular complexity index is 1080. The number of pyridine rings is 1. The summed E-state index contributed by atoms with van der Waals surface area (Å²) in [5, 5.41) is 0. The van der Waals surface area contributed by atoms with Crippen molar-refractivity contribution < 1.29 is 0 Å². The van der Waals surface area contributed by atoms with E-state index in [1.807, 2.05) is 30.5 Å². The highest BCUT2D eigenvalue weighted by molar-refractivity contribution is 9.12. The molecule has 0 saturated heterocycles. The number of fused-ring (bicyclic) bond motifs is 4. The van der Waals surface area contributed by atoms with Gasteiger partial charge in [0.15, 0.2) is 0 Å². The topological polar surface area (TPSA) is 45.2 Å². The van der Waals surface area contributed by atoms with E-state index in [-0.39, 0.29) is 11.5 Å². The van der Waals surface area contributed by atoms with Gasteiger partial charge in [0.25, 0.3) is 0 Å². The molecule has 2 bridgehead atoms. The Morgan fingerprint density at radius 2 is 2.04 bits per heavy atom. The molecule has 3 nitrogen and oxygen atoms in total. The van der Waals surface area contributed by atoms with Crippen LogP contribution in [-0.2, 0) is 12.0 Å². The first-order valence-electron chi connectivity index (χ1n) is 9.56. The fourth-order valence-electron chi connectivity index (χ4n) is 4.57. The average molecular weight is 435 g/mol. The van der Waals surface area contributed by atoms with Crippen molar-refractivity contribution in [1.29, 1.82) is 0 Å². The highest BCUT2D eigenvalue weighted by Gasteiger charge is 2.46. The Kier molecular flexibility index (Phi) is 5.07. The molecule has 1 N–H and O–H groups in total. The average Bonchev–Trinajstić information content (AvgIpc) is 2.66. The number of aromatic nitrogens is 1. The Morgan fingerprint density at radius 1 is 1.25 bits per heavy atom. The molecule has 4 rings (SSSR count). The van der Waals surface area contributed by atoms with Crippen molar-refractivity contribution in [3.8, 4) is 0 Å². The van der Waals surface area contributed by atoms with E-state index >= 15 is 0 Å². The van der Waals surface area contributed by atoms with Gasteiger partial charge >= 0.3 is 0 Å². The van der Waals surface area contributed by atoms with Crippen LogP contribution in [0.5, 0.6) is 0 Å². The lowest BCUT2D eigenvalue weighted by Crippen LogP contribution is -2.40. The number of aromatic amines is 1. The minimum absolute atomic E-state index is 0.0502. The molecule has 0 aliphatic heterocycles. The standard InChI is InChI=1S/C24H23BrN2O/c1-3-20-18-11-16(2)14-24(20,21-9-10-23(28)27-22(21)13-18)26-15-19(25)12-17-7-5-4-6-8-17/h3-12,15,18H,13-14H2,1-2H3,(H,27,28)/b19-12?,20-3+,26-15?/t18-,24+/m0/s1. The van der Waals surface area contributed by atoms with Gasteiger partial charge in [-0.25, -0.2) is 0 Å². The Balaban J connectivity index is 1.83. The molecule has 0 amide bonds. The van der Waals surface area contributed by atoms with Gasteiger partial charge in [-0.15, -0.1) is 0 Å². The lowest BCUT2D eigenvalue weighted by Gasteiger charge is -2.45. The van der Waals surface area contributed by atoms with Gasteiger partial charge in [0.1, 0.15) is 5.54 Å². The third-order valence-electron chi connectivity index (χ3n) is 5.59. The largest absolute Gasteiger partial charge is 0.326 e. The number of halogens is 1. The second-order valence-corrected chi connectivity index (χ2v) is 8.43. The molecule has 0 saturated carbocycles. The minimum atomic E-state index is -0.459. The van der Waals surface area contributed by atoms with Gasteiger partial charge in [0, 0.05) is 40.4 Å². The normalized spacial score (nSPS) is 25.7. The molecule has 142 valence electrons. The van der Waals surface area contributed by atoms with Crippen LogP contribution in [0.3, 0.4) is 0 Å². The van der Waals surface area contributed by atoms with Gasteiger partial charge in [-0.3, -0.25) is 9.79 Å². The number of hydrogen-bond acceptors (Lipinski definition) is 2. The van der Waals surface area contributed by atoms with E-state index in [9.17, 15) is 4.79 Å². The maximum Gasteiger partial charge on any atom is 0.248 e.